The van der Waals surface area contributed by atoms with Gasteiger partial charge in [-0.05, 0) is 32.2 Å². The van der Waals surface area contributed by atoms with Crippen LogP contribution in [0.3, 0.4) is 0 Å². The summed E-state index contributed by atoms with van der Waals surface area (Å²) in [6.07, 6.45) is 1.77. The Morgan fingerprint density at radius 3 is 2.75 bits per heavy atom. The van der Waals surface area contributed by atoms with Gasteiger partial charge in [0.1, 0.15) is 4.90 Å². The maximum atomic E-state index is 12.0. The summed E-state index contributed by atoms with van der Waals surface area (Å²) in [5.74, 6) is 0. The van der Waals surface area contributed by atoms with Gasteiger partial charge in [-0.15, -0.1) is 11.3 Å². The van der Waals surface area contributed by atoms with Crippen molar-refractivity contribution in [2.75, 3.05) is 18.1 Å². The number of nitrogen functional groups attached to an aromatic ring is 1. The number of hydrogen-bond donors (Lipinski definition) is 3. The van der Waals surface area contributed by atoms with Crippen molar-refractivity contribution >= 4 is 32.7 Å². The van der Waals surface area contributed by atoms with Crippen molar-refractivity contribution in [2.24, 2.45) is 0 Å². The van der Waals surface area contributed by atoms with Gasteiger partial charge in [0.15, 0.2) is 0 Å². The number of sulfonamides is 1. The Kier molecular flexibility index (Phi) is 4.26. The molecule has 1 heterocycles. The second kappa shape index (κ2) is 5.78. The first-order valence-corrected chi connectivity index (χ1v) is 8.20. The van der Waals surface area contributed by atoms with Crippen LogP contribution in [-0.2, 0) is 16.6 Å². The molecule has 1 aromatic heterocycles. The van der Waals surface area contributed by atoms with Crippen LogP contribution in [0.15, 0.2) is 29.3 Å². The van der Waals surface area contributed by atoms with Crippen LogP contribution in [0.2, 0.25) is 0 Å². The van der Waals surface area contributed by atoms with E-state index in [9.17, 15) is 8.42 Å². The number of rotatable bonds is 5. The van der Waals surface area contributed by atoms with Crippen LogP contribution >= 0.6 is 11.3 Å². The highest BCUT2D eigenvalue weighted by atomic mass is 32.2. The number of anilines is 2. The van der Waals surface area contributed by atoms with Gasteiger partial charge in [0.2, 0.25) is 10.0 Å². The van der Waals surface area contributed by atoms with E-state index in [0.29, 0.717) is 17.9 Å². The zero-order valence-electron chi connectivity index (χ0n) is 11.2. The first-order valence-electron chi connectivity index (χ1n) is 5.90. The average Bonchev–Trinajstić information content (AvgIpc) is 2.83. The fourth-order valence-electron chi connectivity index (χ4n) is 1.69. The Bertz CT molecular complexity index is 710. The van der Waals surface area contributed by atoms with Crippen LogP contribution < -0.4 is 15.8 Å². The third-order valence-corrected chi connectivity index (χ3v) is 5.05. The minimum Gasteiger partial charge on any atom is -0.399 e. The van der Waals surface area contributed by atoms with E-state index in [0.717, 1.165) is 9.88 Å². The summed E-state index contributed by atoms with van der Waals surface area (Å²) in [5, 5.41) is 4.08. The van der Waals surface area contributed by atoms with E-state index in [2.05, 4.69) is 15.0 Å². The Balaban J connectivity index is 2.27. The van der Waals surface area contributed by atoms with Gasteiger partial charge in [0.05, 0.1) is 17.2 Å². The lowest BCUT2D eigenvalue weighted by Crippen LogP contribution is -2.20. The highest BCUT2D eigenvalue weighted by Crippen LogP contribution is 2.25. The van der Waals surface area contributed by atoms with E-state index in [-0.39, 0.29) is 4.90 Å². The monoisotopic (exact) mass is 312 g/mol. The molecule has 0 aliphatic carbocycles. The predicted octanol–water partition coefficient (Wildman–Crippen LogP) is 1.55. The van der Waals surface area contributed by atoms with Gasteiger partial charge in [-0.3, -0.25) is 0 Å². The second-order valence-corrected chi connectivity index (χ2v) is 7.34. The van der Waals surface area contributed by atoms with E-state index < -0.39 is 10.0 Å². The molecule has 8 heteroatoms. The second-order valence-electron chi connectivity index (χ2n) is 4.16. The molecular weight excluding hydrogens is 296 g/mol. The van der Waals surface area contributed by atoms with Crippen LogP contribution in [-0.4, -0.2) is 20.4 Å². The molecule has 20 heavy (non-hydrogen) atoms. The predicted molar refractivity (Wildman–Crippen MR) is 81.3 cm³/mol. The van der Waals surface area contributed by atoms with Gasteiger partial charge < -0.3 is 11.1 Å². The molecular formula is C12H16N4O2S2. The molecule has 108 valence electrons. The van der Waals surface area contributed by atoms with Crippen molar-refractivity contribution in [2.45, 2.75) is 18.4 Å². The van der Waals surface area contributed by atoms with Gasteiger partial charge >= 0.3 is 0 Å². The first-order chi connectivity index (χ1) is 9.42. The maximum absolute atomic E-state index is 12.0. The molecule has 0 saturated carbocycles. The highest BCUT2D eigenvalue weighted by molar-refractivity contribution is 7.89. The molecule has 0 fully saturated rings. The smallest absolute Gasteiger partial charge is 0.242 e. The number of thiazole rings is 1. The van der Waals surface area contributed by atoms with E-state index >= 15 is 0 Å². The number of nitrogens with zero attached hydrogens (tertiary/aromatic N) is 1. The summed E-state index contributed by atoms with van der Waals surface area (Å²) >= 11 is 1.57. The quantitative estimate of drug-likeness (QED) is 0.728. The topological polar surface area (TPSA) is 97.1 Å². The molecule has 0 radical (unpaired) electrons. The number of nitrogens with two attached hydrogens (primary N) is 1. The fraction of sp³-hybridized carbons (Fsp3) is 0.250. The number of aromatic nitrogens is 1. The third kappa shape index (κ3) is 3.27. The third-order valence-electron chi connectivity index (χ3n) is 2.69. The van der Waals surface area contributed by atoms with Gasteiger partial charge in [0, 0.05) is 16.8 Å². The largest absolute Gasteiger partial charge is 0.399 e. The number of hydrogen-bond acceptors (Lipinski definition) is 6. The summed E-state index contributed by atoms with van der Waals surface area (Å²) < 4.78 is 26.2. The van der Waals surface area contributed by atoms with Crippen molar-refractivity contribution in [3.05, 3.63) is 34.3 Å². The number of benzene rings is 1. The van der Waals surface area contributed by atoms with E-state index in [4.69, 9.17) is 5.73 Å². The number of aryl methyl sites for hydroxylation is 1. The van der Waals surface area contributed by atoms with Crippen molar-refractivity contribution in [3.8, 4) is 0 Å². The summed E-state index contributed by atoms with van der Waals surface area (Å²) in [4.78, 5) is 5.33. The van der Waals surface area contributed by atoms with Gasteiger partial charge in [-0.1, -0.05) is 0 Å². The lowest BCUT2D eigenvalue weighted by molar-refractivity contribution is 0.588. The van der Waals surface area contributed by atoms with Crippen LogP contribution in [0.1, 0.15) is 9.88 Å². The van der Waals surface area contributed by atoms with Crippen molar-refractivity contribution in [3.63, 3.8) is 0 Å². The Morgan fingerprint density at radius 2 is 2.15 bits per heavy atom. The molecule has 1 aromatic carbocycles. The minimum absolute atomic E-state index is 0.140. The number of nitrogens with one attached hydrogen (secondary N) is 2. The fourth-order valence-corrected chi connectivity index (χ4v) is 3.36. The Labute approximate surface area is 122 Å². The summed E-state index contributed by atoms with van der Waals surface area (Å²) in [6.45, 7) is 2.44. The van der Waals surface area contributed by atoms with Crippen molar-refractivity contribution in [1.82, 2.24) is 9.71 Å². The molecule has 0 bridgehead atoms. The molecule has 0 unspecified atom stereocenters. The van der Waals surface area contributed by atoms with E-state index in [1.54, 1.807) is 29.7 Å². The Morgan fingerprint density at radius 1 is 1.40 bits per heavy atom. The zero-order chi connectivity index (χ0) is 14.8. The summed E-state index contributed by atoms with van der Waals surface area (Å²) in [5.41, 5.74) is 6.58. The van der Waals surface area contributed by atoms with E-state index in [1.165, 1.54) is 13.1 Å². The standard InChI is InChI=1S/C12H16N4O2S2/c1-8-15-6-10(19-8)7-16-11-4-3-9(13)5-12(11)20(17,18)14-2/h3-6,14,16H,7,13H2,1-2H3. The zero-order valence-corrected chi connectivity index (χ0v) is 12.8. The molecule has 4 N–H and O–H groups in total. The normalized spacial score (nSPS) is 11.5. The molecule has 2 aromatic rings. The van der Waals surface area contributed by atoms with Gasteiger partial charge in [-0.2, -0.15) is 0 Å². The lowest BCUT2D eigenvalue weighted by Gasteiger charge is -2.12. The maximum Gasteiger partial charge on any atom is 0.242 e. The molecule has 0 amide bonds. The molecule has 0 aliphatic heterocycles. The molecule has 0 aliphatic rings. The van der Waals surface area contributed by atoms with Crippen LogP contribution in [0, 0.1) is 6.92 Å². The van der Waals surface area contributed by atoms with Gasteiger partial charge in [-0.25, -0.2) is 18.1 Å². The Hall–Kier alpha value is -1.64. The van der Waals surface area contributed by atoms with Crippen molar-refractivity contribution in [1.29, 1.82) is 0 Å². The van der Waals surface area contributed by atoms with Crippen LogP contribution in [0.5, 0.6) is 0 Å². The first kappa shape index (κ1) is 14.8. The molecule has 6 nitrogen and oxygen atoms in total. The molecule has 0 spiro atoms. The van der Waals surface area contributed by atoms with E-state index in [1.807, 2.05) is 6.92 Å². The lowest BCUT2D eigenvalue weighted by atomic mass is 10.3. The minimum atomic E-state index is -3.56. The van der Waals surface area contributed by atoms with Crippen LogP contribution in [0.25, 0.3) is 0 Å². The summed E-state index contributed by atoms with van der Waals surface area (Å²) in [7, 11) is -2.19. The van der Waals surface area contributed by atoms with Crippen LogP contribution in [0.4, 0.5) is 11.4 Å². The highest BCUT2D eigenvalue weighted by Gasteiger charge is 2.17. The molecule has 0 saturated heterocycles. The summed E-state index contributed by atoms with van der Waals surface area (Å²) in [6, 6.07) is 4.76. The average molecular weight is 312 g/mol. The SMILES string of the molecule is CNS(=O)(=O)c1cc(N)ccc1NCc1cnc(C)s1. The molecule has 2 rings (SSSR count). The molecule has 0 atom stereocenters. The van der Waals surface area contributed by atoms with Gasteiger partial charge in [0.25, 0.3) is 0 Å². The van der Waals surface area contributed by atoms with Crippen molar-refractivity contribution < 1.29 is 8.42 Å².